The van der Waals surface area contributed by atoms with Crippen molar-refractivity contribution in [2.75, 3.05) is 4.43 Å². The fourth-order valence-corrected chi connectivity index (χ4v) is 4.20. The fraction of sp³-hybridized carbons (Fsp3) is 0.333. The van der Waals surface area contributed by atoms with Crippen LogP contribution in [0.5, 0.6) is 0 Å². The molecule has 0 aliphatic carbocycles. The van der Waals surface area contributed by atoms with Gasteiger partial charge in [-0.2, -0.15) is 0 Å². The predicted octanol–water partition coefficient (Wildman–Crippen LogP) is 4.72. The van der Waals surface area contributed by atoms with E-state index in [0.29, 0.717) is 0 Å². The van der Waals surface area contributed by atoms with Crippen molar-refractivity contribution >= 4 is 22.6 Å². The lowest BCUT2D eigenvalue weighted by molar-refractivity contribution is -0.121. The fourth-order valence-electron chi connectivity index (χ4n) is 3.19. The number of alkyl halides is 1. The zero-order valence-corrected chi connectivity index (χ0v) is 14.1. The second kappa shape index (κ2) is 5.15. The maximum absolute atomic E-state index is 6.62. The first-order valence-electron chi connectivity index (χ1n) is 6.97. The van der Waals surface area contributed by atoms with Crippen molar-refractivity contribution in [2.45, 2.75) is 31.5 Å². The van der Waals surface area contributed by atoms with Crippen LogP contribution in [0.25, 0.3) is 0 Å². The molecular weight excluding hydrogens is 359 g/mol. The minimum absolute atomic E-state index is 0.143. The highest BCUT2D eigenvalue weighted by atomic mass is 127. The Labute approximate surface area is 134 Å². The normalized spacial score (nSPS) is 24.1. The number of halogens is 1. The number of fused-ring (bicyclic) bond motifs is 1. The van der Waals surface area contributed by atoms with E-state index >= 15 is 0 Å². The summed E-state index contributed by atoms with van der Waals surface area (Å²) in [7, 11) is 0. The lowest BCUT2D eigenvalue weighted by atomic mass is 9.78. The van der Waals surface area contributed by atoms with Crippen LogP contribution in [0.4, 0.5) is 0 Å². The van der Waals surface area contributed by atoms with Gasteiger partial charge < -0.3 is 4.74 Å². The average Bonchev–Trinajstić information content (AvgIpc) is 2.46. The van der Waals surface area contributed by atoms with Crippen LogP contribution in [-0.2, 0) is 16.8 Å². The second-order valence-corrected chi connectivity index (χ2v) is 6.79. The molecule has 0 amide bonds. The minimum Gasteiger partial charge on any atom is -0.359 e. The van der Waals surface area contributed by atoms with Gasteiger partial charge in [-0.15, -0.1) is 0 Å². The van der Waals surface area contributed by atoms with Crippen LogP contribution in [-0.4, -0.2) is 10.0 Å². The summed E-state index contributed by atoms with van der Waals surface area (Å²) in [5, 5.41) is 0. The van der Waals surface area contributed by atoms with E-state index in [1.54, 1.807) is 0 Å². The van der Waals surface area contributed by atoms with Crippen LogP contribution >= 0.6 is 22.6 Å². The summed E-state index contributed by atoms with van der Waals surface area (Å²) < 4.78 is 7.53. The van der Waals surface area contributed by atoms with E-state index in [9.17, 15) is 0 Å². The Balaban J connectivity index is 2.24. The molecule has 2 aromatic rings. The maximum atomic E-state index is 6.62. The first kappa shape index (κ1) is 14.1. The first-order valence-corrected chi connectivity index (χ1v) is 8.50. The third-order valence-corrected chi connectivity index (χ3v) is 5.02. The van der Waals surface area contributed by atoms with Crippen molar-refractivity contribution < 1.29 is 4.74 Å². The molecule has 0 spiro atoms. The second-order valence-electron chi connectivity index (χ2n) is 6.02. The van der Waals surface area contributed by atoms with Gasteiger partial charge in [-0.1, -0.05) is 77.2 Å². The first-order chi connectivity index (χ1) is 9.57. The van der Waals surface area contributed by atoms with Gasteiger partial charge in [-0.25, -0.2) is 0 Å². The molecule has 20 heavy (non-hydrogen) atoms. The zero-order chi connectivity index (χ0) is 14.2. The van der Waals surface area contributed by atoms with Crippen LogP contribution in [0.2, 0.25) is 0 Å². The Bertz CT molecular complexity index is 606. The Morgan fingerprint density at radius 2 is 1.65 bits per heavy atom. The smallest absolute Gasteiger partial charge is 0.128 e. The number of hydrogen-bond donors (Lipinski definition) is 0. The molecule has 0 bridgehead atoms. The monoisotopic (exact) mass is 378 g/mol. The molecule has 2 aromatic carbocycles. The van der Waals surface area contributed by atoms with E-state index in [1.807, 2.05) is 0 Å². The van der Waals surface area contributed by atoms with Gasteiger partial charge in [0, 0.05) is 10.8 Å². The Kier molecular flexibility index (Phi) is 3.63. The van der Waals surface area contributed by atoms with Crippen LogP contribution in [0.3, 0.4) is 0 Å². The number of hydrogen-bond acceptors (Lipinski definition) is 1. The lowest BCUT2D eigenvalue weighted by Crippen LogP contribution is -2.47. The van der Waals surface area contributed by atoms with E-state index < -0.39 is 0 Å². The quantitative estimate of drug-likeness (QED) is 0.543. The number of rotatable bonds is 2. The topological polar surface area (TPSA) is 9.23 Å². The largest absolute Gasteiger partial charge is 0.359 e. The summed E-state index contributed by atoms with van der Waals surface area (Å²) in [6.45, 7) is 4.37. The summed E-state index contributed by atoms with van der Waals surface area (Å²) in [6.07, 6.45) is 0.967. The van der Waals surface area contributed by atoms with Crippen molar-refractivity contribution in [3.8, 4) is 0 Å². The summed E-state index contributed by atoms with van der Waals surface area (Å²) in [4.78, 5) is 0. The van der Waals surface area contributed by atoms with Crippen molar-refractivity contribution in [3.05, 3.63) is 71.3 Å². The Morgan fingerprint density at radius 1 is 1.00 bits per heavy atom. The zero-order valence-electron chi connectivity index (χ0n) is 11.9. The Hall–Kier alpha value is -0.870. The molecule has 104 valence electrons. The summed E-state index contributed by atoms with van der Waals surface area (Å²) in [6, 6.07) is 19.3. The van der Waals surface area contributed by atoms with E-state index in [4.69, 9.17) is 4.74 Å². The van der Waals surface area contributed by atoms with Crippen LogP contribution in [0.15, 0.2) is 54.6 Å². The highest BCUT2D eigenvalue weighted by Crippen LogP contribution is 2.45. The van der Waals surface area contributed by atoms with Crippen molar-refractivity contribution in [1.82, 2.24) is 0 Å². The molecule has 1 aliphatic heterocycles. The molecule has 0 saturated carbocycles. The van der Waals surface area contributed by atoms with Gasteiger partial charge >= 0.3 is 0 Å². The van der Waals surface area contributed by atoms with Crippen molar-refractivity contribution in [2.24, 2.45) is 0 Å². The van der Waals surface area contributed by atoms with E-state index in [-0.39, 0.29) is 11.2 Å². The maximum Gasteiger partial charge on any atom is 0.128 e. The van der Waals surface area contributed by atoms with Gasteiger partial charge in [0.1, 0.15) is 5.60 Å². The predicted molar refractivity (Wildman–Crippen MR) is 91.4 cm³/mol. The summed E-state index contributed by atoms with van der Waals surface area (Å²) in [5.41, 5.74) is 3.49. The molecule has 1 nitrogen and oxygen atoms in total. The van der Waals surface area contributed by atoms with E-state index in [1.165, 1.54) is 16.7 Å². The van der Waals surface area contributed by atoms with Crippen molar-refractivity contribution in [3.63, 3.8) is 0 Å². The van der Waals surface area contributed by atoms with Gasteiger partial charge in [0.2, 0.25) is 0 Å². The summed E-state index contributed by atoms with van der Waals surface area (Å²) >= 11 is 2.45. The lowest BCUT2D eigenvalue weighted by Gasteiger charge is -2.46. The molecule has 0 aromatic heterocycles. The molecule has 3 rings (SSSR count). The third-order valence-electron chi connectivity index (χ3n) is 3.95. The van der Waals surface area contributed by atoms with E-state index in [2.05, 4.69) is 91.0 Å². The molecule has 2 heteroatoms. The van der Waals surface area contributed by atoms with Gasteiger partial charge in [0.25, 0.3) is 0 Å². The Morgan fingerprint density at radius 3 is 2.35 bits per heavy atom. The molecule has 0 fully saturated rings. The number of benzene rings is 2. The van der Waals surface area contributed by atoms with Crippen LogP contribution in [0.1, 0.15) is 30.5 Å². The molecule has 1 unspecified atom stereocenters. The highest BCUT2D eigenvalue weighted by molar-refractivity contribution is 14.1. The minimum atomic E-state index is -0.333. The molecule has 0 N–H and O–H groups in total. The number of ether oxygens (including phenoxy) is 1. The SMILES string of the molecule is CC1(C)Cc2ccccc2C(CI)(c2ccccc2)O1. The standard InChI is InChI=1S/C18H19IO/c1-17(2)12-14-8-6-7-11-16(14)18(13-19,20-17)15-9-4-3-5-10-15/h3-11H,12-13H2,1-2H3. The van der Waals surface area contributed by atoms with Gasteiger partial charge in [0.15, 0.2) is 0 Å². The molecular formula is C18H19IO. The van der Waals surface area contributed by atoms with Gasteiger partial charge in [0.05, 0.1) is 5.60 Å². The van der Waals surface area contributed by atoms with Crippen LogP contribution < -0.4 is 0 Å². The molecule has 1 atom stereocenters. The van der Waals surface area contributed by atoms with Gasteiger partial charge in [-0.3, -0.25) is 0 Å². The van der Waals surface area contributed by atoms with Gasteiger partial charge in [-0.05, 0) is 30.5 Å². The molecule has 0 radical (unpaired) electrons. The third kappa shape index (κ3) is 2.29. The average molecular weight is 378 g/mol. The van der Waals surface area contributed by atoms with Crippen molar-refractivity contribution in [1.29, 1.82) is 0 Å². The summed E-state index contributed by atoms with van der Waals surface area (Å²) in [5.74, 6) is 0. The highest BCUT2D eigenvalue weighted by Gasteiger charge is 2.44. The van der Waals surface area contributed by atoms with Crippen LogP contribution in [0, 0.1) is 0 Å². The molecule has 1 heterocycles. The molecule has 1 aliphatic rings. The van der Waals surface area contributed by atoms with E-state index in [0.717, 1.165) is 10.8 Å². The molecule has 0 saturated heterocycles.